The minimum Gasteiger partial charge on any atom is -0.465 e. The second-order valence-corrected chi connectivity index (χ2v) is 7.40. The van der Waals surface area contributed by atoms with Crippen molar-refractivity contribution in [3.63, 3.8) is 0 Å². The van der Waals surface area contributed by atoms with E-state index in [9.17, 15) is 24.1 Å². The Bertz CT molecular complexity index is 1170. The number of carbonyl (C=O) groups is 2. The normalized spacial score (nSPS) is 10.3. The third-order valence-electron chi connectivity index (χ3n) is 4.40. The van der Waals surface area contributed by atoms with Crippen molar-refractivity contribution in [2.45, 2.75) is 6.54 Å². The molecule has 3 aromatic carbocycles. The molecule has 0 atom stereocenters. The smallest absolute Gasteiger partial charge is 0.420 e. The number of halogens is 2. The van der Waals surface area contributed by atoms with Crippen LogP contribution in [0.1, 0.15) is 15.9 Å². The molecule has 10 heteroatoms. The molecular formula is C22H16BrFN2O6. The van der Waals surface area contributed by atoms with Gasteiger partial charge in [-0.15, -0.1) is 0 Å². The molecule has 32 heavy (non-hydrogen) atoms. The summed E-state index contributed by atoms with van der Waals surface area (Å²) in [5.74, 6) is -1.30. The van der Waals surface area contributed by atoms with Crippen LogP contribution < -0.4 is 9.64 Å². The highest BCUT2D eigenvalue weighted by Gasteiger charge is 2.22. The number of non-ortho nitro benzene ring substituents is 1. The summed E-state index contributed by atoms with van der Waals surface area (Å²) in [6, 6.07) is 15.5. The maximum atomic E-state index is 14.7. The monoisotopic (exact) mass is 502 g/mol. The van der Waals surface area contributed by atoms with Crippen molar-refractivity contribution in [2.75, 3.05) is 12.0 Å². The lowest BCUT2D eigenvalue weighted by molar-refractivity contribution is -0.384. The number of benzene rings is 3. The number of nitro groups is 1. The van der Waals surface area contributed by atoms with Crippen LogP contribution in [-0.4, -0.2) is 24.1 Å². The Morgan fingerprint density at radius 1 is 1.09 bits per heavy atom. The van der Waals surface area contributed by atoms with Crippen LogP contribution in [0.15, 0.2) is 71.2 Å². The van der Waals surface area contributed by atoms with E-state index in [1.165, 1.54) is 48.4 Å². The van der Waals surface area contributed by atoms with Gasteiger partial charge in [0.05, 0.1) is 24.1 Å². The molecule has 164 valence electrons. The van der Waals surface area contributed by atoms with Crippen molar-refractivity contribution in [3.05, 3.63) is 98.3 Å². The highest BCUT2D eigenvalue weighted by molar-refractivity contribution is 9.10. The first-order valence-electron chi connectivity index (χ1n) is 9.14. The standard InChI is InChI=1S/C22H16BrFN2O6/c1-31-21(27)14-5-6-15(20(24)11-14)13-25(18-4-2-3-16(23)12-18)22(28)32-19-9-7-17(8-10-19)26(29)30/h2-12H,13H2,1H3. The van der Waals surface area contributed by atoms with Crippen LogP contribution in [0.3, 0.4) is 0 Å². The van der Waals surface area contributed by atoms with Crippen LogP contribution >= 0.6 is 15.9 Å². The fourth-order valence-corrected chi connectivity index (χ4v) is 3.17. The average molecular weight is 503 g/mol. The summed E-state index contributed by atoms with van der Waals surface area (Å²) < 4.78 is 25.3. The highest BCUT2D eigenvalue weighted by Crippen LogP contribution is 2.25. The fourth-order valence-electron chi connectivity index (χ4n) is 2.79. The minimum atomic E-state index is -0.826. The van der Waals surface area contributed by atoms with E-state index in [1.54, 1.807) is 24.3 Å². The van der Waals surface area contributed by atoms with Crippen LogP contribution in [0.2, 0.25) is 0 Å². The van der Waals surface area contributed by atoms with Gasteiger partial charge in [0.1, 0.15) is 11.6 Å². The zero-order chi connectivity index (χ0) is 23.3. The molecule has 0 N–H and O–H groups in total. The average Bonchev–Trinajstić information content (AvgIpc) is 2.77. The van der Waals surface area contributed by atoms with Crippen molar-refractivity contribution >= 4 is 39.4 Å². The van der Waals surface area contributed by atoms with Gasteiger partial charge in [0.2, 0.25) is 0 Å². The predicted molar refractivity (Wildman–Crippen MR) is 117 cm³/mol. The second-order valence-electron chi connectivity index (χ2n) is 6.48. The SMILES string of the molecule is COC(=O)c1ccc(CN(C(=O)Oc2ccc([N+](=O)[O-])cc2)c2cccc(Br)c2)c(F)c1. The molecule has 0 fully saturated rings. The van der Waals surface area contributed by atoms with E-state index in [4.69, 9.17) is 4.74 Å². The van der Waals surface area contributed by atoms with Crippen LogP contribution in [-0.2, 0) is 11.3 Å². The van der Waals surface area contributed by atoms with E-state index in [2.05, 4.69) is 20.7 Å². The molecule has 0 heterocycles. The summed E-state index contributed by atoms with van der Waals surface area (Å²) in [4.78, 5) is 36.0. The van der Waals surface area contributed by atoms with E-state index in [-0.39, 0.29) is 29.1 Å². The van der Waals surface area contributed by atoms with Gasteiger partial charge < -0.3 is 9.47 Å². The number of rotatable bonds is 6. The van der Waals surface area contributed by atoms with Gasteiger partial charge in [-0.05, 0) is 42.5 Å². The number of methoxy groups -OCH3 is 1. The van der Waals surface area contributed by atoms with Crippen molar-refractivity contribution in [1.29, 1.82) is 0 Å². The molecule has 0 unspecified atom stereocenters. The van der Waals surface area contributed by atoms with Crippen LogP contribution in [0.5, 0.6) is 5.75 Å². The Morgan fingerprint density at radius 3 is 2.41 bits per heavy atom. The largest absolute Gasteiger partial charge is 0.465 e. The molecule has 0 saturated heterocycles. The lowest BCUT2D eigenvalue weighted by Gasteiger charge is -2.23. The van der Waals surface area contributed by atoms with Gasteiger partial charge in [0.15, 0.2) is 0 Å². The van der Waals surface area contributed by atoms with Gasteiger partial charge in [-0.3, -0.25) is 15.0 Å². The van der Waals surface area contributed by atoms with Crippen molar-refractivity contribution < 1.29 is 28.4 Å². The van der Waals surface area contributed by atoms with E-state index in [1.807, 2.05) is 0 Å². The first kappa shape index (κ1) is 22.9. The van der Waals surface area contributed by atoms with E-state index < -0.39 is 22.8 Å². The van der Waals surface area contributed by atoms with E-state index >= 15 is 0 Å². The Balaban J connectivity index is 1.89. The number of nitrogens with zero attached hydrogens (tertiary/aromatic N) is 2. The molecule has 0 aliphatic heterocycles. The summed E-state index contributed by atoms with van der Waals surface area (Å²) in [5.41, 5.74) is 0.443. The Kier molecular flexibility index (Phi) is 7.16. The van der Waals surface area contributed by atoms with Crippen molar-refractivity contribution in [1.82, 2.24) is 0 Å². The highest BCUT2D eigenvalue weighted by atomic mass is 79.9. The second kappa shape index (κ2) is 10.0. The number of nitro benzene ring substituents is 1. The Morgan fingerprint density at radius 2 is 1.81 bits per heavy atom. The quantitative estimate of drug-likeness (QED) is 0.251. The van der Waals surface area contributed by atoms with Gasteiger partial charge in [-0.2, -0.15) is 0 Å². The topological polar surface area (TPSA) is 99.0 Å². The fraction of sp³-hybridized carbons (Fsp3) is 0.0909. The molecule has 0 aromatic heterocycles. The van der Waals surface area contributed by atoms with Crippen LogP contribution in [0, 0.1) is 15.9 Å². The lowest BCUT2D eigenvalue weighted by Crippen LogP contribution is -2.33. The minimum absolute atomic E-state index is 0.0382. The number of hydrogen-bond donors (Lipinski definition) is 0. The lowest BCUT2D eigenvalue weighted by atomic mass is 10.1. The van der Waals surface area contributed by atoms with Gasteiger partial charge in [0.25, 0.3) is 5.69 Å². The molecule has 1 amide bonds. The molecule has 0 radical (unpaired) electrons. The van der Waals surface area contributed by atoms with Crippen molar-refractivity contribution in [2.24, 2.45) is 0 Å². The Hall–Kier alpha value is -3.79. The molecule has 0 spiro atoms. The Labute approximate surface area is 190 Å². The first-order valence-corrected chi connectivity index (χ1v) is 9.94. The predicted octanol–water partition coefficient (Wildman–Crippen LogP) is 5.49. The summed E-state index contributed by atoms with van der Waals surface area (Å²) in [7, 11) is 1.19. The summed E-state index contributed by atoms with van der Waals surface area (Å²) in [6.07, 6.45) is -0.826. The zero-order valence-electron chi connectivity index (χ0n) is 16.7. The van der Waals surface area contributed by atoms with Gasteiger partial charge in [-0.25, -0.2) is 14.0 Å². The molecule has 3 aromatic rings. The van der Waals surface area contributed by atoms with E-state index in [0.29, 0.717) is 10.2 Å². The molecule has 8 nitrogen and oxygen atoms in total. The number of esters is 1. The molecule has 0 saturated carbocycles. The molecular weight excluding hydrogens is 487 g/mol. The van der Waals surface area contributed by atoms with Crippen molar-refractivity contribution in [3.8, 4) is 5.75 Å². The maximum Gasteiger partial charge on any atom is 0.420 e. The molecule has 0 aliphatic rings. The van der Waals surface area contributed by atoms with E-state index in [0.717, 1.165) is 6.07 Å². The third-order valence-corrected chi connectivity index (χ3v) is 4.89. The van der Waals surface area contributed by atoms with Crippen LogP contribution in [0.25, 0.3) is 0 Å². The number of hydrogen-bond acceptors (Lipinski definition) is 6. The third kappa shape index (κ3) is 5.46. The van der Waals surface area contributed by atoms with Crippen LogP contribution in [0.4, 0.5) is 20.6 Å². The maximum absolute atomic E-state index is 14.7. The number of carbonyl (C=O) groups excluding carboxylic acids is 2. The number of ether oxygens (including phenoxy) is 2. The first-order chi connectivity index (χ1) is 15.3. The summed E-state index contributed by atoms with van der Waals surface area (Å²) in [5, 5.41) is 10.8. The molecule has 3 rings (SSSR count). The molecule has 0 bridgehead atoms. The summed E-state index contributed by atoms with van der Waals surface area (Å²) in [6.45, 7) is -0.199. The molecule has 0 aliphatic carbocycles. The number of amides is 1. The van der Waals surface area contributed by atoms with Gasteiger partial charge >= 0.3 is 12.1 Å². The number of anilines is 1. The van der Waals surface area contributed by atoms with Gasteiger partial charge in [-0.1, -0.05) is 28.1 Å². The zero-order valence-corrected chi connectivity index (χ0v) is 18.2. The van der Waals surface area contributed by atoms with Gasteiger partial charge in [0, 0.05) is 27.9 Å². The summed E-state index contributed by atoms with van der Waals surface area (Å²) >= 11 is 3.33.